The summed E-state index contributed by atoms with van der Waals surface area (Å²) in [6.45, 7) is 6.40. The van der Waals surface area contributed by atoms with Gasteiger partial charge in [-0.25, -0.2) is 0 Å². The number of nitrogens with one attached hydrogen (secondary N) is 1. The van der Waals surface area contributed by atoms with E-state index in [1.165, 1.54) is 11.6 Å². The average molecular weight is 367 g/mol. The molecule has 1 N–H and O–H groups in total. The number of ether oxygens (including phenoxy) is 2. The van der Waals surface area contributed by atoms with Crippen LogP contribution in [0.5, 0.6) is 11.5 Å². The van der Waals surface area contributed by atoms with Crippen molar-refractivity contribution in [2.24, 2.45) is 5.92 Å². The standard InChI is InChI=1S/C23H29NO3/c1-16(2)14-18-6-8-19(9-7-18)17(3)24-23(25)13-10-20-15-21(26-4)11-12-22(20)27-5/h6-13,15-17H,14H2,1-5H3,(H,24,25)/b13-10+/t17-/m1/s1. The predicted molar refractivity (Wildman–Crippen MR) is 110 cm³/mol. The monoisotopic (exact) mass is 367 g/mol. The van der Waals surface area contributed by atoms with E-state index in [1.807, 2.05) is 25.1 Å². The molecule has 0 bridgehead atoms. The number of carbonyl (C=O) groups is 1. The molecule has 2 rings (SSSR count). The Labute approximate surface area is 162 Å². The van der Waals surface area contributed by atoms with Crippen molar-refractivity contribution >= 4 is 12.0 Å². The van der Waals surface area contributed by atoms with Crippen molar-refractivity contribution in [2.75, 3.05) is 14.2 Å². The van der Waals surface area contributed by atoms with Gasteiger partial charge in [0.1, 0.15) is 11.5 Å². The Bertz CT molecular complexity index is 779. The average Bonchev–Trinajstić information content (AvgIpc) is 2.66. The molecule has 0 aromatic heterocycles. The van der Waals surface area contributed by atoms with Crippen LogP contribution in [0.4, 0.5) is 0 Å². The van der Waals surface area contributed by atoms with Crippen molar-refractivity contribution < 1.29 is 14.3 Å². The summed E-state index contributed by atoms with van der Waals surface area (Å²) in [6, 6.07) is 13.8. The second-order valence-corrected chi connectivity index (χ2v) is 7.01. The molecule has 0 saturated heterocycles. The number of benzene rings is 2. The summed E-state index contributed by atoms with van der Waals surface area (Å²) < 4.78 is 10.6. The van der Waals surface area contributed by atoms with Gasteiger partial charge in [-0.05, 0) is 54.7 Å². The van der Waals surface area contributed by atoms with Gasteiger partial charge in [-0.3, -0.25) is 4.79 Å². The minimum atomic E-state index is -0.154. The van der Waals surface area contributed by atoms with Gasteiger partial charge in [0.2, 0.25) is 5.91 Å². The summed E-state index contributed by atoms with van der Waals surface area (Å²) in [6.07, 6.45) is 4.31. The van der Waals surface area contributed by atoms with E-state index in [2.05, 4.69) is 43.4 Å². The highest BCUT2D eigenvalue weighted by Crippen LogP contribution is 2.25. The third-order valence-electron chi connectivity index (χ3n) is 4.33. The molecule has 0 unspecified atom stereocenters. The molecule has 2 aromatic carbocycles. The van der Waals surface area contributed by atoms with E-state index in [0.717, 1.165) is 17.5 Å². The maximum Gasteiger partial charge on any atom is 0.244 e. The summed E-state index contributed by atoms with van der Waals surface area (Å²) in [4.78, 5) is 12.3. The molecule has 0 aliphatic rings. The Morgan fingerprint density at radius 2 is 1.74 bits per heavy atom. The van der Waals surface area contributed by atoms with Crippen LogP contribution < -0.4 is 14.8 Å². The van der Waals surface area contributed by atoms with Gasteiger partial charge >= 0.3 is 0 Å². The first-order valence-corrected chi connectivity index (χ1v) is 9.22. The SMILES string of the molecule is COc1ccc(OC)c(/C=C/C(=O)N[C@H](C)c2ccc(CC(C)C)cc2)c1. The molecule has 1 atom stereocenters. The fraction of sp³-hybridized carbons (Fsp3) is 0.348. The van der Waals surface area contributed by atoms with Gasteiger partial charge in [0.05, 0.1) is 20.3 Å². The van der Waals surface area contributed by atoms with E-state index >= 15 is 0 Å². The number of methoxy groups -OCH3 is 2. The van der Waals surface area contributed by atoms with Gasteiger partial charge in [-0.2, -0.15) is 0 Å². The number of hydrogen-bond acceptors (Lipinski definition) is 3. The number of rotatable bonds is 8. The molecule has 0 spiro atoms. The molecule has 2 aromatic rings. The summed E-state index contributed by atoms with van der Waals surface area (Å²) in [5.41, 5.74) is 3.19. The van der Waals surface area contributed by atoms with Gasteiger partial charge in [-0.1, -0.05) is 38.1 Å². The highest BCUT2D eigenvalue weighted by atomic mass is 16.5. The lowest BCUT2D eigenvalue weighted by atomic mass is 10.00. The van der Waals surface area contributed by atoms with Crippen LogP contribution >= 0.6 is 0 Å². The van der Waals surface area contributed by atoms with Crippen LogP contribution in [0.3, 0.4) is 0 Å². The van der Waals surface area contributed by atoms with Gasteiger partial charge < -0.3 is 14.8 Å². The smallest absolute Gasteiger partial charge is 0.244 e. The summed E-state index contributed by atoms with van der Waals surface area (Å²) in [5, 5.41) is 2.99. The van der Waals surface area contributed by atoms with E-state index in [9.17, 15) is 4.79 Å². The Morgan fingerprint density at radius 1 is 1.04 bits per heavy atom. The first-order valence-electron chi connectivity index (χ1n) is 9.22. The van der Waals surface area contributed by atoms with Crippen molar-refractivity contribution in [2.45, 2.75) is 33.2 Å². The van der Waals surface area contributed by atoms with E-state index in [-0.39, 0.29) is 11.9 Å². The minimum absolute atomic E-state index is 0.0672. The van der Waals surface area contributed by atoms with Crippen LogP contribution in [0.2, 0.25) is 0 Å². The van der Waals surface area contributed by atoms with Crippen molar-refractivity contribution in [3.63, 3.8) is 0 Å². The van der Waals surface area contributed by atoms with Gasteiger partial charge in [-0.15, -0.1) is 0 Å². The lowest BCUT2D eigenvalue weighted by Crippen LogP contribution is -2.24. The highest BCUT2D eigenvalue weighted by Gasteiger charge is 2.09. The van der Waals surface area contributed by atoms with Gasteiger partial charge in [0.25, 0.3) is 0 Å². The second-order valence-electron chi connectivity index (χ2n) is 7.01. The number of carbonyl (C=O) groups excluding carboxylic acids is 1. The third kappa shape index (κ3) is 6.17. The lowest BCUT2D eigenvalue weighted by molar-refractivity contribution is -0.117. The Balaban J connectivity index is 2.01. The molecule has 0 fully saturated rings. The van der Waals surface area contributed by atoms with Gasteiger partial charge in [0.15, 0.2) is 0 Å². The minimum Gasteiger partial charge on any atom is -0.497 e. The molecule has 1 amide bonds. The molecule has 0 heterocycles. The zero-order valence-corrected chi connectivity index (χ0v) is 16.8. The Kier molecular flexibility index (Phi) is 7.47. The van der Waals surface area contributed by atoms with Crippen LogP contribution in [0.15, 0.2) is 48.5 Å². The van der Waals surface area contributed by atoms with Crippen LogP contribution in [0.25, 0.3) is 6.08 Å². The lowest BCUT2D eigenvalue weighted by Gasteiger charge is -2.14. The number of amides is 1. The number of hydrogen-bond donors (Lipinski definition) is 1. The van der Waals surface area contributed by atoms with Crippen molar-refractivity contribution in [1.82, 2.24) is 5.32 Å². The molecule has 0 aliphatic carbocycles. The van der Waals surface area contributed by atoms with Crippen LogP contribution in [0, 0.1) is 5.92 Å². The van der Waals surface area contributed by atoms with Crippen molar-refractivity contribution in [3.05, 3.63) is 65.2 Å². The van der Waals surface area contributed by atoms with E-state index < -0.39 is 0 Å². The predicted octanol–water partition coefficient (Wildman–Crippen LogP) is 4.79. The van der Waals surface area contributed by atoms with Gasteiger partial charge in [0, 0.05) is 11.6 Å². The van der Waals surface area contributed by atoms with Crippen LogP contribution in [-0.2, 0) is 11.2 Å². The van der Waals surface area contributed by atoms with Crippen molar-refractivity contribution in [1.29, 1.82) is 0 Å². The van der Waals surface area contributed by atoms with Crippen LogP contribution in [-0.4, -0.2) is 20.1 Å². The Hall–Kier alpha value is -2.75. The maximum atomic E-state index is 12.3. The molecule has 4 nitrogen and oxygen atoms in total. The summed E-state index contributed by atoms with van der Waals surface area (Å²) in [7, 11) is 3.21. The van der Waals surface area contributed by atoms with E-state index in [4.69, 9.17) is 9.47 Å². The topological polar surface area (TPSA) is 47.6 Å². The second kappa shape index (κ2) is 9.81. The highest BCUT2D eigenvalue weighted by molar-refractivity contribution is 5.92. The summed E-state index contributed by atoms with van der Waals surface area (Å²) in [5.74, 6) is 1.88. The molecule has 27 heavy (non-hydrogen) atoms. The molecule has 0 saturated carbocycles. The zero-order chi connectivity index (χ0) is 19.8. The normalized spacial score (nSPS) is 12.2. The van der Waals surface area contributed by atoms with E-state index in [0.29, 0.717) is 17.4 Å². The maximum absolute atomic E-state index is 12.3. The molecular formula is C23H29NO3. The van der Waals surface area contributed by atoms with Crippen molar-refractivity contribution in [3.8, 4) is 11.5 Å². The quantitative estimate of drug-likeness (QED) is 0.682. The van der Waals surface area contributed by atoms with E-state index in [1.54, 1.807) is 20.3 Å². The zero-order valence-electron chi connectivity index (χ0n) is 16.8. The largest absolute Gasteiger partial charge is 0.497 e. The molecule has 0 aliphatic heterocycles. The fourth-order valence-electron chi connectivity index (χ4n) is 2.89. The third-order valence-corrected chi connectivity index (χ3v) is 4.33. The molecule has 144 valence electrons. The van der Waals surface area contributed by atoms with Crippen LogP contribution in [0.1, 0.15) is 43.5 Å². The Morgan fingerprint density at radius 3 is 2.33 bits per heavy atom. The molecule has 0 radical (unpaired) electrons. The first-order chi connectivity index (χ1) is 12.9. The summed E-state index contributed by atoms with van der Waals surface area (Å²) >= 11 is 0. The molecular weight excluding hydrogens is 338 g/mol. The fourth-order valence-corrected chi connectivity index (χ4v) is 2.89. The molecule has 4 heteroatoms. The first kappa shape index (κ1) is 20.6.